The second kappa shape index (κ2) is 6.49. The van der Waals surface area contributed by atoms with Crippen LogP contribution >= 0.6 is 0 Å². The Labute approximate surface area is 139 Å². The minimum Gasteiger partial charge on any atom is -0.330 e. The number of likely N-dealkylation sites (tertiary alicyclic amines) is 1. The molecule has 1 aromatic carbocycles. The van der Waals surface area contributed by atoms with E-state index in [0.717, 1.165) is 38.3 Å². The van der Waals surface area contributed by atoms with Crippen LogP contribution in [0.4, 0.5) is 10.5 Å². The van der Waals surface area contributed by atoms with E-state index >= 15 is 0 Å². The van der Waals surface area contributed by atoms with Gasteiger partial charge in [-0.1, -0.05) is 18.2 Å². The fourth-order valence-corrected chi connectivity index (χ4v) is 3.91. The number of hydrogen-bond donors (Lipinski definition) is 1. The lowest BCUT2D eigenvalue weighted by Crippen LogP contribution is -2.36. The van der Waals surface area contributed by atoms with Gasteiger partial charge in [0.05, 0.1) is 5.69 Å². The van der Waals surface area contributed by atoms with Gasteiger partial charge in [0, 0.05) is 31.7 Å². The molecule has 5 nitrogen and oxygen atoms in total. The lowest BCUT2D eigenvalue weighted by molar-refractivity contribution is 0.209. The normalized spacial score (nSPS) is 25.9. The van der Waals surface area contributed by atoms with Gasteiger partial charge in [0.2, 0.25) is 0 Å². The van der Waals surface area contributed by atoms with Gasteiger partial charge in [-0.05, 0) is 51.4 Å². The summed E-state index contributed by atoms with van der Waals surface area (Å²) in [4.78, 5) is 19.0. The zero-order chi connectivity index (χ0) is 16.6. The number of urea groups is 1. The highest BCUT2D eigenvalue weighted by molar-refractivity contribution is 5.95. The second-order valence-electron chi connectivity index (χ2n) is 7.07. The SMILES string of the molecule is CC(C)N1CCN(c2ccccc2C2CC(CN)CN2C)C1=O. The van der Waals surface area contributed by atoms with Gasteiger partial charge < -0.3 is 10.6 Å². The Kier molecular flexibility index (Phi) is 4.60. The molecule has 2 heterocycles. The summed E-state index contributed by atoms with van der Waals surface area (Å²) in [6.07, 6.45) is 1.07. The van der Waals surface area contributed by atoms with Crippen molar-refractivity contribution in [3.8, 4) is 0 Å². The molecule has 2 aliphatic rings. The van der Waals surface area contributed by atoms with Crippen LogP contribution in [0.1, 0.15) is 31.9 Å². The standard InChI is InChI=1S/C18H28N4O/c1-13(2)21-8-9-22(18(21)23)16-7-5-4-6-15(16)17-10-14(11-19)12-20(17)3/h4-7,13-14,17H,8-12,19H2,1-3H3. The molecule has 1 aromatic rings. The van der Waals surface area contributed by atoms with Crippen molar-refractivity contribution in [2.75, 3.05) is 38.1 Å². The Morgan fingerprint density at radius 3 is 2.61 bits per heavy atom. The number of anilines is 1. The second-order valence-corrected chi connectivity index (χ2v) is 7.07. The predicted octanol–water partition coefficient (Wildman–Crippen LogP) is 2.29. The van der Waals surface area contributed by atoms with Gasteiger partial charge in [-0.25, -0.2) is 4.79 Å². The highest BCUT2D eigenvalue weighted by atomic mass is 16.2. The van der Waals surface area contributed by atoms with Crippen molar-refractivity contribution < 1.29 is 4.79 Å². The van der Waals surface area contributed by atoms with E-state index < -0.39 is 0 Å². The van der Waals surface area contributed by atoms with Crippen molar-refractivity contribution in [3.05, 3.63) is 29.8 Å². The fraction of sp³-hybridized carbons (Fsp3) is 0.611. The number of benzene rings is 1. The third-order valence-corrected chi connectivity index (χ3v) is 5.22. The summed E-state index contributed by atoms with van der Waals surface area (Å²) < 4.78 is 0. The minimum absolute atomic E-state index is 0.128. The van der Waals surface area contributed by atoms with Gasteiger partial charge in [-0.3, -0.25) is 9.80 Å². The molecule has 0 radical (unpaired) electrons. The number of carbonyl (C=O) groups is 1. The molecule has 2 unspecified atom stereocenters. The van der Waals surface area contributed by atoms with Gasteiger partial charge in [0.25, 0.3) is 0 Å². The zero-order valence-electron chi connectivity index (χ0n) is 14.4. The molecule has 0 spiro atoms. The van der Waals surface area contributed by atoms with E-state index in [-0.39, 0.29) is 12.1 Å². The molecule has 2 amide bonds. The van der Waals surface area contributed by atoms with Crippen LogP contribution < -0.4 is 10.6 Å². The molecular weight excluding hydrogens is 288 g/mol. The maximum absolute atomic E-state index is 12.7. The summed E-state index contributed by atoms with van der Waals surface area (Å²) in [5, 5.41) is 0. The Hall–Kier alpha value is -1.59. The first kappa shape index (κ1) is 16.3. The molecule has 0 saturated carbocycles. The number of nitrogens with zero attached hydrogens (tertiary/aromatic N) is 3. The highest BCUT2D eigenvalue weighted by Crippen LogP contribution is 2.39. The Bertz CT molecular complexity index is 574. The summed E-state index contributed by atoms with van der Waals surface area (Å²) in [7, 11) is 2.16. The molecule has 2 fully saturated rings. The van der Waals surface area contributed by atoms with Crippen LogP contribution in [0.25, 0.3) is 0 Å². The van der Waals surface area contributed by atoms with Crippen LogP contribution in [0.2, 0.25) is 0 Å². The fourth-order valence-electron chi connectivity index (χ4n) is 3.91. The first-order valence-electron chi connectivity index (χ1n) is 8.60. The van der Waals surface area contributed by atoms with E-state index in [0.29, 0.717) is 12.0 Å². The minimum atomic E-state index is 0.128. The maximum Gasteiger partial charge on any atom is 0.324 e. The Morgan fingerprint density at radius 2 is 2.00 bits per heavy atom. The molecule has 3 rings (SSSR count). The third kappa shape index (κ3) is 2.95. The lowest BCUT2D eigenvalue weighted by atomic mass is 9.98. The van der Waals surface area contributed by atoms with Crippen LogP contribution in [0.5, 0.6) is 0 Å². The molecule has 0 aromatic heterocycles. The summed E-state index contributed by atoms with van der Waals surface area (Å²) in [5.74, 6) is 0.541. The molecule has 2 aliphatic heterocycles. The molecular formula is C18H28N4O. The van der Waals surface area contributed by atoms with E-state index in [1.165, 1.54) is 5.56 Å². The quantitative estimate of drug-likeness (QED) is 0.927. The Balaban J connectivity index is 1.89. The van der Waals surface area contributed by atoms with Gasteiger partial charge in [-0.2, -0.15) is 0 Å². The molecule has 126 valence electrons. The molecule has 2 N–H and O–H groups in total. The average Bonchev–Trinajstić information content (AvgIpc) is 3.10. The lowest BCUT2D eigenvalue weighted by Gasteiger charge is -2.27. The summed E-state index contributed by atoms with van der Waals surface area (Å²) in [5.41, 5.74) is 8.19. The van der Waals surface area contributed by atoms with E-state index in [1.54, 1.807) is 0 Å². The van der Waals surface area contributed by atoms with Crippen molar-refractivity contribution in [2.45, 2.75) is 32.4 Å². The zero-order valence-corrected chi connectivity index (χ0v) is 14.4. The first-order chi connectivity index (χ1) is 11.0. The van der Waals surface area contributed by atoms with E-state index in [9.17, 15) is 4.79 Å². The van der Waals surface area contributed by atoms with Crippen molar-refractivity contribution in [1.29, 1.82) is 0 Å². The number of rotatable bonds is 4. The van der Waals surface area contributed by atoms with Crippen molar-refractivity contribution in [3.63, 3.8) is 0 Å². The first-order valence-corrected chi connectivity index (χ1v) is 8.60. The molecule has 0 aliphatic carbocycles. The van der Waals surface area contributed by atoms with Crippen LogP contribution in [0, 0.1) is 5.92 Å². The maximum atomic E-state index is 12.7. The smallest absolute Gasteiger partial charge is 0.324 e. The molecule has 2 saturated heterocycles. The van der Waals surface area contributed by atoms with E-state index in [1.807, 2.05) is 15.9 Å². The predicted molar refractivity (Wildman–Crippen MR) is 93.6 cm³/mol. The third-order valence-electron chi connectivity index (χ3n) is 5.22. The molecule has 2 atom stereocenters. The van der Waals surface area contributed by atoms with E-state index in [4.69, 9.17) is 5.73 Å². The van der Waals surface area contributed by atoms with E-state index in [2.05, 4.69) is 44.0 Å². The summed E-state index contributed by atoms with van der Waals surface area (Å²) in [6, 6.07) is 9.07. The van der Waals surface area contributed by atoms with Gasteiger partial charge in [0.15, 0.2) is 0 Å². The molecule has 0 bridgehead atoms. The number of carbonyl (C=O) groups excluding carboxylic acids is 1. The van der Waals surface area contributed by atoms with Crippen LogP contribution in [-0.2, 0) is 0 Å². The summed E-state index contributed by atoms with van der Waals surface area (Å²) >= 11 is 0. The van der Waals surface area contributed by atoms with Crippen LogP contribution in [0.15, 0.2) is 24.3 Å². The monoisotopic (exact) mass is 316 g/mol. The molecule has 5 heteroatoms. The summed E-state index contributed by atoms with van der Waals surface area (Å²) in [6.45, 7) is 7.48. The number of amides is 2. The largest absolute Gasteiger partial charge is 0.330 e. The van der Waals surface area contributed by atoms with Gasteiger partial charge >= 0.3 is 6.03 Å². The number of nitrogens with two attached hydrogens (primary N) is 1. The van der Waals surface area contributed by atoms with Gasteiger partial charge in [0.1, 0.15) is 0 Å². The molecule has 23 heavy (non-hydrogen) atoms. The Morgan fingerprint density at radius 1 is 1.26 bits per heavy atom. The van der Waals surface area contributed by atoms with Crippen molar-refractivity contribution in [2.24, 2.45) is 11.7 Å². The van der Waals surface area contributed by atoms with Gasteiger partial charge in [-0.15, -0.1) is 0 Å². The average molecular weight is 316 g/mol. The van der Waals surface area contributed by atoms with Crippen LogP contribution in [-0.4, -0.2) is 55.1 Å². The van der Waals surface area contributed by atoms with Crippen LogP contribution in [0.3, 0.4) is 0 Å². The highest BCUT2D eigenvalue weighted by Gasteiger charge is 2.36. The van der Waals surface area contributed by atoms with Crippen molar-refractivity contribution in [1.82, 2.24) is 9.80 Å². The number of hydrogen-bond acceptors (Lipinski definition) is 3. The topological polar surface area (TPSA) is 52.8 Å². The van der Waals surface area contributed by atoms with Crippen molar-refractivity contribution >= 4 is 11.7 Å². The number of para-hydroxylation sites is 1.